The molecule has 0 aliphatic heterocycles. The number of nitrogens with one attached hydrogen (secondary N) is 4. The minimum Gasteiger partial charge on any atom is -0.374 e. The van der Waals surface area contributed by atoms with Crippen molar-refractivity contribution in [3.8, 4) is 0 Å². The normalized spacial score (nSPS) is 17.7. The van der Waals surface area contributed by atoms with Gasteiger partial charge in [0.15, 0.2) is 0 Å². The first-order valence-corrected chi connectivity index (χ1v) is 16.9. The summed E-state index contributed by atoms with van der Waals surface area (Å²) in [5.41, 5.74) is 2.61. The third kappa shape index (κ3) is 18.8. The van der Waals surface area contributed by atoms with Crippen LogP contribution in [-0.2, 0) is 17.9 Å². The molecule has 7 nitrogen and oxygen atoms in total. The SMILES string of the molecule is CC.CCCNCCNCc1ccccc1.CN=C(C)N/C(=C\C(C)NC1CCCC(OCc2ccccc2)CC1)N(C)C. The zero-order valence-corrected chi connectivity index (χ0v) is 29.2. The molecule has 44 heavy (non-hydrogen) atoms. The maximum atomic E-state index is 6.18. The lowest BCUT2D eigenvalue weighted by Gasteiger charge is -2.24. The van der Waals surface area contributed by atoms with Crippen LogP contribution in [0.4, 0.5) is 0 Å². The van der Waals surface area contributed by atoms with Crippen LogP contribution in [0.1, 0.15) is 84.3 Å². The van der Waals surface area contributed by atoms with E-state index < -0.39 is 0 Å². The van der Waals surface area contributed by atoms with Gasteiger partial charge in [-0.3, -0.25) is 4.99 Å². The van der Waals surface area contributed by atoms with Crippen molar-refractivity contribution >= 4 is 5.84 Å². The molecule has 0 heterocycles. The van der Waals surface area contributed by atoms with Crippen molar-refractivity contribution in [3.63, 3.8) is 0 Å². The highest BCUT2D eigenvalue weighted by molar-refractivity contribution is 5.80. The molecule has 3 rings (SSSR count). The van der Waals surface area contributed by atoms with E-state index in [2.05, 4.69) is 120 Å². The van der Waals surface area contributed by atoms with Crippen LogP contribution in [-0.4, -0.2) is 69.7 Å². The molecule has 1 saturated carbocycles. The Labute approximate surface area is 270 Å². The fraction of sp³-hybridized carbons (Fsp3) is 0.595. The lowest BCUT2D eigenvalue weighted by atomic mass is 10.1. The van der Waals surface area contributed by atoms with Crippen molar-refractivity contribution in [1.82, 2.24) is 26.2 Å². The van der Waals surface area contributed by atoms with Crippen LogP contribution in [0, 0.1) is 0 Å². The van der Waals surface area contributed by atoms with Crippen molar-refractivity contribution in [2.45, 2.75) is 104 Å². The van der Waals surface area contributed by atoms with Gasteiger partial charge in [-0.25, -0.2) is 0 Å². The summed E-state index contributed by atoms with van der Waals surface area (Å²) < 4.78 is 6.18. The fourth-order valence-corrected chi connectivity index (χ4v) is 4.90. The van der Waals surface area contributed by atoms with Gasteiger partial charge >= 0.3 is 0 Å². The first-order valence-electron chi connectivity index (χ1n) is 16.9. The molecule has 1 aliphatic rings. The molecule has 0 radical (unpaired) electrons. The number of amidine groups is 1. The Balaban J connectivity index is 0.000000507. The third-order valence-corrected chi connectivity index (χ3v) is 7.35. The predicted octanol–water partition coefficient (Wildman–Crippen LogP) is 6.73. The first kappa shape index (κ1) is 39.3. The molecule has 0 saturated heterocycles. The van der Waals surface area contributed by atoms with Crippen LogP contribution in [0.25, 0.3) is 0 Å². The van der Waals surface area contributed by atoms with Crippen molar-refractivity contribution in [1.29, 1.82) is 0 Å². The zero-order valence-electron chi connectivity index (χ0n) is 29.2. The quantitative estimate of drug-likeness (QED) is 0.0778. The molecule has 1 fully saturated rings. The Morgan fingerprint density at radius 1 is 0.909 bits per heavy atom. The van der Waals surface area contributed by atoms with Crippen molar-refractivity contribution in [2.24, 2.45) is 4.99 Å². The van der Waals surface area contributed by atoms with Crippen LogP contribution >= 0.6 is 0 Å². The molecule has 2 aromatic carbocycles. The standard InChI is InChI=1S/C23H38N4O.C12H20N2.C2H6/c1-18(16-23(27(4)5)26-19(2)24-3)25-21-12-9-13-22(15-14-21)28-17-20-10-7-6-8-11-20;1-2-8-13-9-10-14-11-12-6-4-3-5-7-12;1-2/h6-8,10-11,16,18,21-22,25H,9,12-15,17H2,1-5H3,(H,24,26);3-7,13-14H,2,8-11H2,1H3;1-2H3/b23-16+;;. The zero-order chi connectivity index (χ0) is 32.4. The molecule has 248 valence electrons. The highest BCUT2D eigenvalue weighted by Crippen LogP contribution is 2.22. The molecule has 0 amide bonds. The van der Waals surface area contributed by atoms with Crippen molar-refractivity contribution < 1.29 is 4.74 Å². The van der Waals surface area contributed by atoms with Gasteiger partial charge in [0.1, 0.15) is 5.82 Å². The van der Waals surface area contributed by atoms with E-state index in [1.807, 2.05) is 26.8 Å². The second-order valence-corrected chi connectivity index (χ2v) is 11.4. The van der Waals surface area contributed by atoms with E-state index in [0.717, 1.165) is 63.7 Å². The van der Waals surface area contributed by atoms with E-state index in [-0.39, 0.29) is 0 Å². The van der Waals surface area contributed by atoms with Crippen molar-refractivity contribution in [2.75, 3.05) is 40.8 Å². The largest absolute Gasteiger partial charge is 0.374 e. The number of benzene rings is 2. The molecular formula is C37H64N6O. The Kier molecular flexibility index (Phi) is 22.9. The Morgan fingerprint density at radius 2 is 1.55 bits per heavy atom. The summed E-state index contributed by atoms with van der Waals surface area (Å²) >= 11 is 0. The number of aliphatic imine (C=N–C) groups is 1. The molecule has 4 N–H and O–H groups in total. The Morgan fingerprint density at radius 3 is 2.16 bits per heavy atom. The predicted molar refractivity (Wildman–Crippen MR) is 191 cm³/mol. The highest BCUT2D eigenvalue weighted by Gasteiger charge is 2.20. The highest BCUT2D eigenvalue weighted by atomic mass is 16.5. The van der Waals surface area contributed by atoms with Crippen molar-refractivity contribution in [3.05, 3.63) is 83.7 Å². The summed E-state index contributed by atoms with van der Waals surface area (Å²) in [6.07, 6.45) is 9.70. The number of nitrogens with zero attached hydrogens (tertiary/aromatic N) is 2. The monoisotopic (exact) mass is 609 g/mol. The second-order valence-electron chi connectivity index (χ2n) is 11.4. The van der Waals surface area contributed by atoms with Gasteiger partial charge in [0.2, 0.25) is 0 Å². The van der Waals surface area contributed by atoms with Gasteiger partial charge in [0, 0.05) is 52.9 Å². The summed E-state index contributed by atoms with van der Waals surface area (Å²) in [5.74, 6) is 1.99. The molecule has 2 aromatic rings. The summed E-state index contributed by atoms with van der Waals surface area (Å²) in [5, 5.41) is 13.9. The summed E-state index contributed by atoms with van der Waals surface area (Å²) in [7, 11) is 5.91. The van der Waals surface area contributed by atoms with Gasteiger partial charge in [-0.15, -0.1) is 0 Å². The van der Waals surface area contributed by atoms with Gasteiger partial charge in [0.05, 0.1) is 18.5 Å². The maximum Gasteiger partial charge on any atom is 0.104 e. The maximum absolute atomic E-state index is 6.18. The van der Waals surface area contributed by atoms with Gasteiger partial charge in [-0.1, -0.05) is 81.4 Å². The van der Waals surface area contributed by atoms with Crippen LogP contribution in [0.2, 0.25) is 0 Å². The Bertz CT molecular complexity index is 996. The smallest absolute Gasteiger partial charge is 0.104 e. The third-order valence-electron chi connectivity index (χ3n) is 7.35. The number of hydrogen-bond donors (Lipinski definition) is 4. The van der Waals surface area contributed by atoms with Gasteiger partial charge in [0.25, 0.3) is 0 Å². The van der Waals surface area contributed by atoms with Crippen LogP contribution < -0.4 is 21.3 Å². The number of ether oxygens (including phenoxy) is 1. The minimum absolute atomic E-state index is 0.293. The van der Waals surface area contributed by atoms with E-state index in [0.29, 0.717) is 18.2 Å². The van der Waals surface area contributed by atoms with E-state index in [1.165, 1.54) is 30.4 Å². The lowest BCUT2D eigenvalue weighted by Crippen LogP contribution is -2.38. The van der Waals surface area contributed by atoms with E-state index >= 15 is 0 Å². The second kappa shape index (κ2) is 25.6. The van der Waals surface area contributed by atoms with Crippen LogP contribution in [0.3, 0.4) is 0 Å². The molecule has 0 bridgehead atoms. The van der Waals surface area contributed by atoms with Crippen LogP contribution in [0.15, 0.2) is 77.6 Å². The van der Waals surface area contributed by atoms with E-state index in [4.69, 9.17) is 4.74 Å². The minimum atomic E-state index is 0.293. The molecule has 3 atom stereocenters. The summed E-state index contributed by atoms with van der Waals surface area (Å²) in [4.78, 5) is 6.29. The number of rotatable bonds is 15. The van der Waals surface area contributed by atoms with E-state index in [1.54, 1.807) is 7.05 Å². The number of hydrogen-bond acceptors (Lipinski definition) is 6. The average Bonchev–Trinajstić information content (AvgIpc) is 3.28. The van der Waals surface area contributed by atoms with Gasteiger partial charge in [-0.2, -0.15) is 0 Å². The molecular weight excluding hydrogens is 544 g/mol. The van der Waals surface area contributed by atoms with Gasteiger partial charge < -0.3 is 30.9 Å². The molecule has 0 spiro atoms. The average molecular weight is 609 g/mol. The van der Waals surface area contributed by atoms with Crippen LogP contribution in [0.5, 0.6) is 0 Å². The molecule has 7 heteroatoms. The molecule has 0 aromatic heterocycles. The van der Waals surface area contributed by atoms with E-state index in [9.17, 15) is 0 Å². The van der Waals surface area contributed by atoms with Gasteiger partial charge in [-0.05, 0) is 76.1 Å². The molecule has 1 aliphatic carbocycles. The molecule has 3 unspecified atom stereocenters. The fourth-order valence-electron chi connectivity index (χ4n) is 4.90. The first-order chi connectivity index (χ1) is 21.4. The lowest BCUT2D eigenvalue weighted by molar-refractivity contribution is 0.0305. The Hall–Kier alpha value is -2.71. The summed E-state index contributed by atoms with van der Waals surface area (Å²) in [6, 6.07) is 21.8. The summed E-state index contributed by atoms with van der Waals surface area (Å²) in [6.45, 7) is 15.3. The topological polar surface area (TPSA) is 73.0 Å².